The van der Waals surface area contributed by atoms with Crippen molar-refractivity contribution in [2.45, 2.75) is 26.2 Å². The summed E-state index contributed by atoms with van der Waals surface area (Å²) < 4.78 is 5.97. The Kier molecular flexibility index (Phi) is 6.84. The van der Waals surface area contributed by atoms with Crippen LogP contribution in [0.5, 0.6) is 0 Å². The molecule has 0 atom stereocenters. The summed E-state index contributed by atoms with van der Waals surface area (Å²) in [7, 11) is -3.16. The molecule has 2 radical (unpaired) electrons. The third-order valence-electron chi connectivity index (χ3n) is 1.34. The van der Waals surface area contributed by atoms with Crippen LogP contribution in [-0.4, -0.2) is 40.5 Å². The average Bonchev–Trinajstić information content (AvgIpc) is 1.84. The van der Waals surface area contributed by atoms with Gasteiger partial charge in [-0.3, -0.25) is 0 Å². The zero-order valence-corrected chi connectivity index (χ0v) is 14.7. The van der Waals surface area contributed by atoms with Gasteiger partial charge in [0.15, 0.2) is 8.32 Å². The van der Waals surface area contributed by atoms with Gasteiger partial charge in [-0.15, -0.1) is 13.2 Å². The van der Waals surface area contributed by atoms with Crippen LogP contribution in [0.15, 0.2) is 24.6 Å². The molecule has 0 rings (SSSR count). The molecule has 0 aliphatic carbocycles. The molecular weight excluding hydrogens is 287 g/mol. The first-order chi connectivity index (χ1) is 4.83. The quantitative estimate of drug-likeness (QED) is 0.721. The van der Waals surface area contributed by atoms with E-state index in [9.17, 15) is 0 Å². The van der Waals surface area contributed by atoms with Gasteiger partial charge in [0.25, 0.3) is 0 Å². The Hall–Kier alpha value is 0.672. The summed E-state index contributed by atoms with van der Waals surface area (Å²) >= 11 is 0. The molecule has 0 bridgehead atoms. The summed E-state index contributed by atoms with van der Waals surface area (Å²) in [6.45, 7) is 16.2. The van der Waals surface area contributed by atoms with E-state index in [1.807, 2.05) is 11.4 Å². The summed E-state index contributed by atoms with van der Waals surface area (Å²) in [5.41, 5.74) is 3.86. The molecule has 0 N–H and O–H groups in total. The molecule has 0 aromatic rings. The standard InChI is InChI=1S/C8H18OSi2.Sn.2H/c1-7-11(6,8-2)9-10(3,4)5;;;/h7-8H,1-2H2,3-6H3;;;. The first kappa shape index (κ1) is 15.2. The van der Waals surface area contributed by atoms with E-state index in [2.05, 4.69) is 39.3 Å². The first-order valence-corrected chi connectivity index (χ1v) is 9.77. The fourth-order valence-corrected chi connectivity index (χ4v) is 6.94. The fraction of sp³-hybridized carbons (Fsp3) is 0.500. The second-order valence-electron chi connectivity index (χ2n) is 3.81. The zero-order valence-electron chi connectivity index (χ0n) is 8.68. The second-order valence-corrected chi connectivity index (χ2v) is 12.0. The summed E-state index contributed by atoms with van der Waals surface area (Å²) in [6, 6.07) is 0. The molecule has 12 heavy (non-hydrogen) atoms. The normalized spacial score (nSPS) is 11.7. The van der Waals surface area contributed by atoms with Gasteiger partial charge < -0.3 is 4.12 Å². The molecule has 0 unspecified atom stereocenters. The molecule has 0 saturated carbocycles. The van der Waals surface area contributed by atoms with Crippen molar-refractivity contribution in [2.75, 3.05) is 0 Å². The summed E-state index contributed by atoms with van der Waals surface area (Å²) in [4.78, 5) is 0. The minimum absolute atomic E-state index is 0. The van der Waals surface area contributed by atoms with Crippen molar-refractivity contribution in [3.05, 3.63) is 24.6 Å². The molecular formula is C8H20OSi2Sn. The summed E-state index contributed by atoms with van der Waals surface area (Å²) in [6.07, 6.45) is 0. The van der Waals surface area contributed by atoms with E-state index in [-0.39, 0.29) is 23.9 Å². The topological polar surface area (TPSA) is 9.23 Å². The molecule has 0 amide bonds. The van der Waals surface area contributed by atoms with Gasteiger partial charge in [0.2, 0.25) is 8.32 Å². The van der Waals surface area contributed by atoms with Crippen LogP contribution in [-0.2, 0) is 4.12 Å². The summed E-state index contributed by atoms with van der Waals surface area (Å²) in [5.74, 6) is 0. The number of hydrogen-bond donors (Lipinski definition) is 0. The van der Waals surface area contributed by atoms with Gasteiger partial charge in [-0.25, -0.2) is 0 Å². The third-order valence-corrected chi connectivity index (χ3v) is 7.17. The van der Waals surface area contributed by atoms with Crippen molar-refractivity contribution >= 4 is 40.5 Å². The van der Waals surface area contributed by atoms with Gasteiger partial charge in [-0.1, -0.05) is 11.4 Å². The molecule has 0 aromatic carbocycles. The molecule has 0 saturated heterocycles. The zero-order chi connectivity index (χ0) is 9.12. The van der Waals surface area contributed by atoms with E-state index in [0.29, 0.717) is 0 Å². The Morgan fingerprint density at radius 2 is 1.33 bits per heavy atom. The van der Waals surface area contributed by atoms with Crippen LogP contribution in [0.4, 0.5) is 0 Å². The Morgan fingerprint density at radius 1 is 1.00 bits per heavy atom. The van der Waals surface area contributed by atoms with Gasteiger partial charge in [-0.2, -0.15) is 0 Å². The Balaban J connectivity index is 0. The van der Waals surface area contributed by atoms with E-state index < -0.39 is 16.6 Å². The summed E-state index contributed by atoms with van der Waals surface area (Å²) in [5, 5.41) is 0. The van der Waals surface area contributed by atoms with Gasteiger partial charge in [0.1, 0.15) is 0 Å². The predicted octanol–water partition coefficient (Wildman–Crippen LogP) is 1.95. The monoisotopic (exact) mass is 308 g/mol. The average molecular weight is 307 g/mol. The SMILES string of the molecule is C=C[Si](C)(C=C)O[Si](C)(C)C.[SnH2]. The molecule has 0 heterocycles. The maximum absolute atomic E-state index is 5.97. The molecule has 0 aliphatic rings. The van der Waals surface area contributed by atoms with Crippen LogP contribution >= 0.6 is 0 Å². The molecule has 0 spiro atoms. The molecule has 4 heteroatoms. The Bertz CT molecular complexity index is 155. The Labute approximate surface area is 95.1 Å². The van der Waals surface area contributed by atoms with E-state index in [1.54, 1.807) is 0 Å². The minimum atomic E-state index is -1.74. The molecule has 0 aromatic heterocycles. The Morgan fingerprint density at radius 3 is 1.42 bits per heavy atom. The van der Waals surface area contributed by atoms with Crippen molar-refractivity contribution in [1.29, 1.82) is 0 Å². The van der Waals surface area contributed by atoms with Crippen LogP contribution in [0.3, 0.4) is 0 Å². The molecule has 70 valence electrons. The van der Waals surface area contributed by atoms with Crippen molar-refractivity contribution < 1.29 is 4.12 Å². The van der Waals surface area contributed by atoms with E-state index in [4.69, 9.17) is 4.12 Å². The second kappa shape index (κ2) is 5.41. The predicted molar refractivity (Wildman–Crippen MR) is 65.0 cm³/mol. The molecule has 0 aliphatic heterocycles. The van der Waals surface area contributed by atoms with Crippen molar-refractivity contribution in [2.24, 2.45) is 0 Å². The van der Waals surface area contributed by atoms with E-state index >= 15 is 0 Å². The van der Waals surface area contributed by atoms with Crippen LogP contribution < -0.4 is 0 Å². The molecule has 0 fully saturated rings. The van der Waals surface area contributed by atoms with E-state index in [0.717, 1.165) is 0 Å². The van der Waals surface area contributed by atoms with Crippen LogP contribution in [0.2, 0.25) is 26.2 Å². The van der Waals surface area contributed by atoms with Gasteiger partial charge in [0.05, 0.1) is 0 Å². The third kappa shape index (κ3) is 6.22. The maximum atomic E-state index is 5.97. The van der Waals surface area contributed by atoms with Gasteiger partial charge >= 0.3 is 23.9 Å². The van der Waals surface area contributed by atoms with Crippen molar-refractivity contribution in [3.63, 3.8) is 0 Å². The first-order valence-electron chi connectivity index (χ1n) is 3.80. The fourth-order valence-electron chi connectivity index (χ4n) is 0.826. The van der Waals surface area contributed by atoms with Crippen LogP contribution in [0.25, 0.3) is 0 Å². The number of rotatable bonds is 4. The van der Waals surface area contributed by atoms with Crippen molar-refractivity contribution in [1.82, 2.24) is 0 Å². The van der Waals surface area contributed by atoms with E-state index in [1.165, 1.54) is 0 Å². The van der Waals surface area contributed by atoms with Gasteiger partial charge in [0, 0.05) is 0 Å². The van der Waals surface area contributed by atoms with Crippen LogP contribution in [0.1, 0.15) is 0 Å². The van der Waals surface area contributed by atoms with Crippen LogP contribution in [0, 0.1) is 0 Å². The van der Waals surface area contributed by atoms with Crippen molar-refractivity contribution in [3.8, 4) is 0 Å². The molecule has 1 nitrogen and oxygen atoms in total. The van der Waals surface area contributed by atoms with Gasteiger partial charge in [-0.05, 0) is 26.2 Å². The number of hydrogen-bond acceptors (Lipinski definition) is 1.